The standard InChI is InChI=1S/C14H27N3O/c1-14(2)10-16(4)12(9-15-3)13(18)17(14)11-7-5-6-8-11/h11-12,15H,5-10H2,1-4H3. The number of amides is 1. The number of likely N-dealkylation sites (N-methyl/N-ethyl adjacent to an activating group) is 2. The van der Waals surface area contributed by atoms with Crippen LogP contribution in [-0.4, -0.2) is 60.5 Å². The molecule has 0 aromatic rings. The summed E-state index contributed by atoms with van der Waals surface area (Å²) in [5, 5.41) is 3.15. The molecule has 18 heavy (non-hydrogen) atoms. The number of nitrogens with zero attached hydrogens (tertiary/aromatic N) is 2. The molecule has 1 aliphatic heterocycles. The van der Waals surface area contributed by atoms with Crippen LogP contribution in [0.5, 0.6) is 0 Å². The highest BCUT2D eigenvalue weighted by atomic mass is 16.2. The summed E-state index contributed by atoms with van der Waals surface area (Å²) in [5.74, 6) is 0.315. The molecule has 1 aliphatic carbocycles. The van der Waals surface area contributed by atoms with Crippen LogP contribution in [0.2, 0.25) is 0 Å². The van der Waals surface area contributed by atoms with E-state index in [1.54, 1.807) is 0 Å². The lowest BCUT2D eigenvalue weighted by molar-refractivity contribution is -0.154. The van der Waals surface area contributed by atoms with Gasteiger partial charge >= 0.3 is 0 Å². The molecule has 0 bridgehead atoms. The zero-order valence-corrected chi connectivity index (χ0v) is 12.2. The van der Waals surface area contributed by atoms with Crippen molar-refractivity contribution in [2.75, 3.05) is 27.2 Å². The van der Waals surface area contributed by atoms with Gasteiger partial charge in [0.15, 0.2) is 0 Å². The molecule has 4 heteroatoms. The number of piperazine rings is 1. The van der Waals surface area contributed by atoms with Gasteiger partial charge in [0, 0.05) is 19.1 Å². The first-order chi connectivity index (χ1) is 8.47. The molecule has 4 nitrogen and oxygen atoms in total. The summed E-state index contributed by atoms with van der Waals surface area (Å²) >= 11 is 0. The van der Waals surface area contributed by atoms with Crippen LogP contribution in [0.1, 0.15) is 39.5 Å². The van der Waals surface area contributed by atoms with Crippen LogP contribution >= 0.6 is 0 Å². The normalized spacial score (nSPS) is 30.1. The molecule has 0 aromatic carbocycles. The number of nitrogens with one attached hydrogen (secondary N) is 1. The first-order valence-corrected chi connectivity index (χ1v) is 7.15. The van der Waals surface area contributed by atoms with Crippen molar-refractivity contribution in [2.24, 2.45) is 0 Å². The summed E-state index contributed by atoms with van der Waals surface area (Å²) in [6, 6.07) is 0.476. The number of carbonyl (C=O) groups excluding carboxylic acids is 1. The Morgan fingerprint density at radius 1 is 1.33 bits per heavy atom. The molecule has 104 valence electrons. The van der Waals surface area contributed by atoms with Crippen molar-refractivity contribution < 1.29 is 4.79 Å². The number of carbonyl (C=O) groups is 1. The van der Waals surface area contributed by atoms with Gasteiger partial charge in [0.25, 0.3) is 0 Å². The van der Waals surface area contributed by atoms with Gasteiger partial charge in [0.05, 0.1) is 5.54 Å². The van der Waals surface area contributed by atoms with Crippen molar-refractivity contribution in [1.82, 2.24) is 15.1 Å². The van der Waals surface area contributed by atoms with Crippen molar-refractivity contribution in [3.8, 4) is 0 Å². The Bertz CT molecular complexity index is 310. The van der Waals surface area contributed by atoms with E-state index in [-0.39, 0.29) is 11.6 Å². The second kappa shape index (κ2) is 5.17. The first kappa shape index (κ1) is 13.8. The predicted octanol–water partition coefficient (Wildman–Crippen LogP) is 1.07. The third-order valence-electron chi connectivity index (χ3n) is 4.43. The average Bonchev–Trinajstić information content (AvgIpc) is 2.76. The quantitative estimate of drug-likeness (QED) is 0.817. The van der Waals surface area contributed by atoms with E-state index in [1.807, 2.05) is 7.05 Å². The SMILES string of the molecule is CNCC1C(=O)N(C2CCCC2)C(C)(C)CN1C. The van der Waals surface area contributed by atoms with Crippen molar-refractivity contribution >= 4 is 5.91 Å². The molecule has 0 aromatic heterocycles. The van der Waals surface area contributed by atoms with Crippen LogP contribution in [0, 0.1) is 0 Å². The summed E-state index contributed by atoms with van der Waals surface area (Å²) in [7, 11) is 3.98. The average molecular weight is 253 g/mol. The molecular weight excluding hydrogens is 226 g/mol. The van der Waals surface area contributed by atoms with Crippen LogP contribution in [-0.2, 0) is 4.79 Å². The largest absolute Gasteiger partial charge is 0.332 e. The van der Waals surface area contributed by atoms with Gasteiger partial charge in [-0.3, -0.25) is 9.69 Å². The smallest absolute Gasteiger partial charge is 0.241 e. The Kier molecular flexibility index (Phi) is 3.97. The fraction of sp³-hybridized carbons (Fsp3) is 0.929. The highest BCUT2D eigenvalue weighted by Crippen LogP contribution is 2.33. The number of hydrogen-bond acceptors (Lipinski definition) is 3. The Hall–Kier alpha value is -0.610. The van der Waals surface area contributed by atoms with E-state index in [4.69, 9.17) is 0 Å². The van der Waals surface area contributed by atoms with Crippen LogP contribution in [0.25, 0.3) is 0 Å². The molecule has 0 spiro atoms. The molecule has 1 saturated carbocycles. The fourth-order valence-corrected chi connectivity index (χ4v) is 3.72. The topological polar surface area (TPSA) is 35.6 Å². The van der Waals surface area contributed by atoms with Gasteiger partial charge in [-0.25, -0.2) is 0 Å². The Labute approximate surface area is 111 Å². The molecule has 1 heterocycles. The van der Waals surface area contributed by atoms with Crippen molar-refractivity contribution in [1.29, 1.82) is 0 Å². The maximum absolute atomic E-state index is 12.8. The van der Waals surface area contributed by atoms with Crippen LogP contribution in [0.4, 0.5) is 0 Å². The number of hydrogen-bond donors (Lipinski definition) is 1. The third kappa shape index (κ3) is 2.41. The molecule has 1 amide bonds. The Morgan fingerprint density at radius 2 is 1.94 bits per heavy atom. The second-order valence-electron chi connectivity index (χ2n) is 6.45. The highest BCUT2D eigenvalue weighted by Gasteiger charge is 2.46. The van der Waals surface area contributed by atoms with Gasteiger partial charge in [-0.2, -0.15) is 0 Å². The van der Waals surface area contributed by atoms with E-state index in [9.17, 15) is 4.79 Å². The van der Waals surface area contributed by atoms with E-state index < -0.39 is 0 Å². The minimum absolute atomic E-state index is 0.00336. The second-order valence-corrected chi connectivity index (χ2v) is 6.45. The predicted molar refractivity (Wildman–Crippen MR) is 73.5 cm³/mol. The Morgan fingerprint density at radius 3 is 2.50 bits per heavy atom. The lowest BCUT2D eigenvalue weighted by Gasteiger charge is -2.52. The summed E-state index contributed by atoms with van der Waals surface area (Å²) in [6.07, 6.45) is 4.92. The Balaban J connectivity index is 2.20. The molecule has 1 unspecified atom stereocenters. The summed E-state index contributed by atoms with van der Waals surface area (Å²) in [5.41, 5.74) is -0.0366. The minimum Gasteiger partial charge on any atom is -0.332 e. The van der Waals surface area contributed by atoms with Crippen LogP contribution in [0.15, 0.2) is 0 Å². The van der Waals surface area contributed by atoms with Crippen molar-refractivity contribution in [2.45, 2.75) is 57.2 Å². The van der Waals surface area contributed by atoms with E-state index in [1.165, 1.54) is 25.7 Å². The fourth-order valence-electron chi connectivity index (χ4n) is 3.72. The van der Waals surface area contributed by atoms with Crippen molar-refractivity contribution in [3.63, 3.8) is 0 Å². The molecule has 1 saturated heterocycles. The molecule has 0 radical (unpaired) electrons. The molecule has 2 rings (SSSR count). The van der Waals surface area contributed by atoms with Gasteiger partial charge in [0.1, 0.15) is 6.04 Å². The minimum atomic E-state index is -0.0366. The van der Waals surface area contributed by atoms with Gasteiger partial charge in [0.2, 0.25) is 5.91 Å². The zero-order chi connectivity index (χ0) is 13.3. The molecule has 1 N–H and O–H groups in total. The van der Waals surface area contributed by atoms with E-state index in [0.717, 1.165) is 13.1 Å². The molecule has 1 atom stereocenters. The van der Waals surface area contributed by atoms with E-state index >= 15 is 0 Å². The third-order valence-corrected chi connectivity index (χ3v) is 4.43. The maximum atomic E-state index is 12.8. The summed E-state index contributed by atoms with van der Waals surface area (Å²) < 4.78 is 0. The lowest BCUT2D eigenvalue weighted by atomic mass is 9.92. The van der Waals surface area contributed by atoms with Crippen LogP contribution < -0.4 is 5.32 Å². The molecule has 2 aliphatic rings. The molecular formula is C14H27N3O. The summed E-state index contributed by atoms with van der Waals surface area (Å²) in [6.45, 7) is 6.11. The van der Waals surface area contributed by atoms with E-state index in [0.29, 0.717) is 11.9 Å². The van der Waals surface area contributed by atoms with Crippen LogP contribution in [0.3, 0.4) is 0 Å². The number of rotatable bonds is 3. The molecule has 2 fully saturated rings. The maximum Gasteiger partial charge on any atom is 0.241 e. The zero-order valence-electron chi connectivity index (χ0n) is 12.2. The highest BCUT2D eigenvalue weighted by molar-refractivity contribution is 5.84. The van der Waals surface area contributed by atoms with Gasteiger partial charge < -0.3 is 10.2 Å². The van der Waals surface area contributed by atoms with E-state index in [2.05, 4.69) is 36.0 Å². The monoisotopic (exact) mass is 253 g/mol. The lowest BCUT2D eigenvalue weighted by Crippen LogP contribution is -2.69. The van der Waals surface area contributed by atoms with Crippen molar-refractivity contribution in [3.05, 3.63) is 0 Å². The summed E-state index contributed by atoms with van der Waals surface area (Å²) in [4.78, 5) is 17.2. The van der Waals surface area contributed by atoms with Gasteiger partial charge in [-0.15, -0.1) is 0 Å². The van der Waals surface area contributed by atoms with Gasteiger partial charge in [-0.05, 0) is 40.8 Å². The van der Waals surface area contributed by atoms with Gasteiger partial charge in [-0.1, -0.05) is 12.8 Å². The first-order valence-electron chi connectivity index (χ1n) is 7.15.